The van der Waals surface area contributed by atoms with Gasteiger partial charge in [0.1, 0.15) is 6.61 Å². The summed E-state index contributed by atoms with van der Waals surface area (Å²) < 4.78 is 5.79. The van der Waals surface area contributed by atoms with E-state index in [0.717, 1.165) is 19.4 Å². The van der Waals surface area contributed by atoms with Crippen LogP contribution in [-0.4, -0.2) is 30.2 Å². The van der Waals surface area contributed by atoms with Crippen molar-refractivity contribution in [1.82, 2.24) is 4.90 Å². The monoisotopic (exact) mass is 335 g/mol. The Morgan fingerprint density at radius 3 is 2.28 bits per heavy atom. The van der Waals surface area contributed by atoms with E-state index < -0.39 is 0 Å². The van der Waals surface area contributed by atoms with Gasteiger partial charge in [0.05, 0.1) is 0 Å². The number of rotatable bonds is 3. The molecular weight excluding hydrogens is 310 g/mol. The molecule has 25 heavy (non-hydrogen) atoms. The first-order valence-electron chi connectivity index (χ1n) is 9.30. The maximum Gasteiger partial charge on any atom is 0.410 e. The molecule has 3 nitrogen and oxygen atoms in total. The van der Waals surface area contributed by atoms with E-state index in [1.807, 2.05) is 4.90 Å². The molecule has 0 unspecified atom stereocenters. The second kappa shape index (κ2) is 6.55. The largest absolute Gasteiger partial charge is 0.448 e. The molecule has 0 saturated carbocycles. The van der Waals surface area contributed by atoms with Gasteiger partial charge in [-0.1, -0.05) is 62.4 Å². The number of fused-ring (bicyclic) bond motifs is 3. The predicted octanol–water partition coefficient (Wildman–Crippen LogP) is 5.06. The van der Waals surface area contributed by atoms with Gasteiger partial charge in [-0.15, -0.1) is 0 Å². The third-order valence-electron chi connectivity index (χ3n) is 5.67. The average Bonchev–Trinajstić information content (AvgIpc) is 3.18. The first-order chi connectivity index (χ1) is 12.2. The molecule has 0 spiro atoms. The summed E-state index contributed by atoms with van der Waals surface area (Å²) in [7, 11) is 0. The van der Waals surface area contributed by atoms with Crippen LogP contribution < -0.4 is 0 Å². The summed E-state index contributed by atoms with van der Waals surface area (Å²) in [6, 6.07) is 17.2. The number of likely N-dealkylation sites (tertiary alicyclic amines) is 1. The normalized spacial score (nSPS) is 21.9. The van der Waals surface area contributed by atoms with Crippen molar-refractivity contribution < 1.29 is 9.53 Å². The van der Waals surface area contributed by atoms with Crippen LogP contribution in [0.5, 0.6) is 0 Å². The fourth-order valence-electron chi connectivity index (χ4n) is 4.44. The SMILES string of the molecule is CC[C@@H]1C[C@H](C)CN1C(=O)OCC1c2ccccc2-c2ccccc21. The van der Waals surface area contributed by atoms with Crippen LogP contribution in [0.4, 0.5) is 4.79 Å². The number of hydrogen-bond acceptors (Lipinski definition) is 2. The number of hydrogen-bond donors (Lipinski definition) is 0. The number of amides is 1. The Bertz CT molecular complexity index is 740. The van der Waals surface area contributed by atoms with Gasteiger partial charge in [0.15, 0.2) is 0 Å². The van der Waals surface area contributed by atoms with Crippen molar-refractivity contribution in [1.29, 1.82) is 0 Å². The van der Waals surface area contributed by atoms with E-state index >= 15 is 0 Å². The van der Waals surface area contributed by atoms with Crippen LogP contribution >= 0.6 is 0 Å². The molecule has 0 N–H and O–H groups in total. The van der Waals surface area contributed by atoms with Gasteiger partial charge in [0.2, 0.25) is 0 Å². The van der Waals surface area contributed by atoms with Crippen molar-refractivity contribution in [3.8, 4) is 11.1 Å². The fraction of sp³-hybridized carbons (Fsp3) is 0.409. The van der Waals surface area contributed by atoms with Crippen molar-refractivity contribution in [3.05, 3.63) is 59.7 Å². The van der Waals surface area contributed by atoms with Gasteiger partial charge in [-0.05, 0) is 41.0 Å². The molecule has 1 aliphatic heterocycles. The Balaban J connectivity index is 1.53. The number of benzene rings is 2. The molecule has 3 heteroatoms. The number of nitrogens with zero attached hydrogens (tertiary/aromatic N) is 1. The fourth-order valence-corrected chi connectivity index (χ4v) is 4.44. The molecule has 1 aliphatic carbocycles. The lowest BCUT2D eigenvalue weighted by molar-refractivity contribution is 0.0943. The molecule has 2 aromatic rings. The van der Waals surface area contributed by atoms with Gasteiger partial charge in [-0.25, -0.2) is 4.79 Å². The minimum absolute atomic E-state index is 0.136. The maximum absolute atomic E-state index is 12.6. The van der Waals surface area contributed by atoms with Crippen molar-refractivity contribution in [2.45, 2.75) is 38.6 Å². The number of ether oxygens (including phenoxy) is 1. The lowest BCUT2D eigenvalue weighted by atomic mass is 9.98. The van der Waals surface area contributed by atoms with E-state index in [9.17, 15) is 4.79 Å². The van der Waals surface area contributed by atoms with E-state index in [2.05, 4.69) is 62.4 Å². The minimum Gasteiger partial charge on any atom is -0.448 e. The first kappa shape index (κ1) is 16.2. The quantitative estimate of drug-likeness (QED) is 0.785. The van der Waals surface area contributed by atoms with Gasteiger partial charge in [0, 0.05) is 18.5 Å². The topological polar surface area (TPSA) is 29.5 Å². The second-order valence-electron chi connectivity index (χ2n) is 7.36. The van der Waals surface area contributed by atoms with Crippen molar-refractivity contribution in [3.63, 3.8) is 0 Å². The highest BCUT2D eigenvalue weighted by atomic mass is 16.6. The number of carbonyl (C=O) groups excluding carboxylic acids is 1. The summed E-state index contributed by atoms with van der Waals surface area (Å²) in [4.78, 5) is 14.6. The third-order valence-corrected chi connectivity index (χ3v) is 5.67. The van der Waals surface area contributed by atoms with Crippen molar-refractivity contribution >= 4 is 6.09 Å². The molecule has 0 aromatic heterocycles. The van der Waals surface area contributed by atoms with Gasteiger partial charge in [-0.3, -0.25) is 0 Å². The summed E-state index contributed by atoms with van der Waals surface area (Å²) in [5.41, 5.74) is 5.05. The van der Waals surface area contributed by atoms with Crippen LogP contribution in [0, 0.1) is 5.92 Å². The molecule has 2 aliphatic rings. The van der Waals surface area contributed by atoms with Crippen LogP contribution in [0.3, 0.4) is 0 Å². The highest BCUT2D eigenvalue weighted by molar-refractivity contribution is 5.79. The molecule has 0 bridgehead atoms. The second-order valence-corrected chi connectivity index (χ2v) is 7.36. The van der Waals surface area contributed by atoms with Crippen LogP contribution in [0.25, 0.3) is 11.1 Å². The van der Waals surface area contributed by atoms with E-state index in [1.54, 1.807) is 0 Å². The lowest BCUT2D eigenvalue weighted by Gasteiger charge is -2.24. The summed E-state index contributed by atoms with van der Waals surface area (Å²) in [6.07, 6.45) is 1.92. The highest BCUT2D eigenvalue weighted by Crippen LogP contribution is 2.44. The first-order valence-corrected chi connectivity index (χ1v) is 9.30. The van der Waals surface area contributed by atoms with Gasteiger partial charge in [-0.2, -0.15) is 0 Å². The van der Waals surface area contributed by atoms with Crippen molar-refractivity contribution in [2.24, 2.45) is 5.92 Å². The zero-order chi connectivity index (χ0) is 17.4. The van der Waals surface area contributed by atoms with Gasteiger partial charge < -0.3 is 9.64 Å². The summed E-state index contributed by atoms with van der Waals surface area (Å²) >= 11 is 0. The molecule has 4 rings (SSSR count). The van der Waals surface area contributed by atoms with E-state index in [4.69, 9.17) is 4.74 Å². The summed E-state index contributed by atoms with van der Waals surface area (Å²) in [5.74, 6) is 0.696. The Hall–Kier alpha value is -2.29. The van der Waals surface area contributed by atoms with Crippen molar-refractivity contribution in [2.75, 3.05) is 13.2 Å². The Labute approximate surface area is 149 Å². The molecule has 130 valence electrons. The van der Waals surface area contributed by atoms with E-state index in [-0.39, 0.29) is 12.0 Å². The zero-order valence-corrected chi connectivity index (χ0v) is 14.9. The number of carbonyl (C=O) groups is 1. The third kappa shape index (κ3) is 2.82. The molecule has 1 heterocycles. The summed E-state index contributed by atoms with van der Waals surface area (Å²) in [6.45, 7) is 5.58. The van der Waals surface area contributed by atoms with Gasteiger partial charge >= 0.3 is 6.09 Å². The molecule has 1 amide bonds. The van der Waals surface area contributed by atoms with E-state index in [0.29, 0.717) is 18.6 Å². The molecular formula is C22H25NO2. The highest BCUT2D eigenvalue weighted by Gasteiger charge is 2.34. The molecule has 2 atom stereocenters. The Kier molecular flexibility index (Phi) is 4.24. The average molecular weight is 335 g/mol. The Morgan fingerprint density at radius 2 is 1.68 bits per heavy atom. The maximum atomic E-state index is 12.6. The van der Waals surface area contributed by atoms with E-state index in [1.165, 1.54) is 22.3 Å². The molecule has 0 radical (unpaired) electrons. The Morgan fingerprint density at radius 1 is 1.08 bits per heavy atom. The van der Waals surface area contributed by atoms with Gasteiger partial charge in [0.25, 0.3) is 0 Å². The molecule has 1 fully saturated rings. The standard InChI is InChI=1S/C22H25NO2/c1-3-16-12-15(2)13-23(16)22(24)25-14-21-19-10-6-4-8-17(19)18-9-5-7-11-20(18)21/h4-11,15-16,21H,3,12-14H2,1-2H3/t15-,16+/m0/s1. The summed E-state index contributed by atoms with van der Waals surface area (Å²) in [5, 5.41) is 0. The van der Waals surface area contributed by atoms with Crippen LogP contribution in [-0.2, 0) is 4.74 Å². The van der Waals surface area contributed by atoms with Crippen LogP contribution in [0.15, 0.2) is 48.5 Å². The molecule has 1 saturated heterocycles. The lowest BCUT2D eigenvalue weighted by Crippen LogP contribution is -2.36. The van der Waals surface area contributed by atoms with Crippen LogP contribution in [0.1, 0.15) is 43.7 Å². The zero-order valence-electron chi connectivity index (χ0n) is 14.9. The van der Waals surface area contributed by atoms with Crippen LogP contribution in [0.2, 0.25) is 0 Å². The predicted molar refractivity (Wildman–Crippen MR) is 99.6 cm³/mol. The minimum atomic E-state index is -0.155. The molecule has 2 aromatic carbocycles. The smallest absolute Gasteiger partial charge is 0.410 e.